The Bertz CT molecular complexity index is 1080. The van der Waals surface area contributed by atoms with E-state index in [1.54, 1.807) is 0 Å². The molecule has 0 atom stereocenters. The molecule has 0 radical (unpaired) electrons. The van der Waals surface area contributed by atoms with Crippen LogP contribution in [0.25, 0.3) is 22.3 Å². The Morgan fingerprint density at radius 2 is 1.58 bits per heavy atom. The van der Waals surface area contributed by atoms with Gasteiger partial charge in [0.15, 0.2) is 11.5 Å². The van der Waals surface area contributed by atoms with Crippen molar-refractivity contribution in [2.45, 2.75) is 32.2 Å². The van der Waals surface area contributed by atoms with Crippen LogP contribution in [0.5, 0.6) is 0 Å². The molecule has 9 heteroatoms. The monoisotopic (exact) mass is 449 g/mol. The van der Waals surface area contributed by atoms with Crippen molar-refractivity contribution in [3.63, 3.8) is 0 Å². The average molecular weight is 450 g/mol. The van der Waals surface area contributed by atoms with Crippen molar-refractivity contribution in [3.05, 3.63) is 24.3 Å². The summed E-state index contributed by atoms with van der Waals surface area (Å²) < 4.78 is 1.90. The van der Waals surface area contributed by atoms with E-state index in [1.807, 2.05) is 4.68 Å². The number of rotatable bonds is 6. The minimum atomic E-state index is 0.248. The van der Waals surface area contributed by atoms with Crippen molar-refractivity contribution in [1.82, 2.24) is 29.5 Å². The predicted molar refractivity (Wildman–Crippen MR) is 134 cm³/mol. The molecule has 0 saturated carbocycles. The fourth-order valence-electron chi connectivity index (χ4n) is 5.00. The van der Waals surface area contributed by atoms with E-state index in [-0.39, 0.29) is 5.95 Å². The van der Waals surface area contributed by atoms with Crippen LogP contribution in [0.15, 0.2) is 24.3 Å². The first kappa shape index (κ1) is 21.9. The number of piperazine rings is 1. The summed E-state index contributed by atoms with van der Waals surface area (Å²) in [6, 6.07) is 8.51. The molecule has 2 aliphatic rings. The third-order valence-electron chi connectivity index (χ3n) is 6.94. The van der Waals surface area contributed by atoms with E-state index in [4.69, 9.17) is 11.5 Å². The highest BCUT2D eigenvalue weighted by Crippen LogP contribution is 2.32. The second-order valence-electron chi connectivity index (χ2n) is 9.33. The van der Waals surface area contributed by atoms with Gasteiger partial charge in [-0.05, 0) is 58.1 Å². The van der Waals surface area contributed by atoms with Crippen molar-refractivity contribution in [3.8, 4) is 11.3 Å². The number of likely N-dealkylation sites (N-methyl/N-ethyl adjacent to an activating group) is 1. The lowest BCUT2D eigenvalue weighted by atomic mass is 10.1. The number of nitrogens with zero attached hydrogens (tertiary/aromatic N) is 7. The van der Waals surface area contributed by atoms with Gasteiger partial charge in [0.1, 0.15) is 0 Å². The molecule has 9 nitrogen and oxygen atoms in total. The zero-order chi connectivity index (χ0) is 22.8. The molecule has 2 aromatic heterocycles. The maximum atomic E-state index is 6.36. The predicted octanol–water partition coefficient (Wildman–Crippen LogP) is 2.29. The van der Waals surface area contributed by atoms with E-state index >= 15 is 0 Å². The zero-order valence-electron chi connectivity index (χ0n) is 19.6. The second kappa shape index (κ2) is 9.52. The maximum absolute atomic E-state index is 6.36. The molecule has 0 bridgehead atoms. The summed E-state index contributed by atoms with van der Waals surface area (Å²) in [6.07, 6.45) is 4.97. The molecule has 2 fully saturated rings. The topological polar surface area (TPSA) is 105 Å². The molecule has 0 spiro atoms. The van der Waals surface area contributed by atoms with Crippen molar-refractivity contribution >= 4 is 28.5 Å². The Labute approximate surface area is 195 Å². The van der Waals surface area contributed by atoms with Gasteiger partial charge < -0.3 is 26.2 Å². The molecular weight excluding hydrogens is 414 g/mol. The molecule has 2 aliphatic heterocycles. The SMILES string of the molecule is CN1CCN(c2ccc(-c3nc(N)nc4c3c(N)nn4CCCN3CCCCC3)cc2)CC1. The summed E-state index contributed by atoms with van der Waals surface area (Å²) >= 11 is 0. The summed E-state index contributed by atoms with van der Waals surface area (Å²) in [7, 11) is 2.17. The summed E-state index contributed by atoms with van der Waals surface area (Å²) in [5.74, 6) is 0.707. The highest BCUT2D eigenvalue weighted by Gasteiger charge is 2.19. The molecule has 2 saturated heterocycles. The van der Waals surface area contributed by atoms with E-state index in [0.717, 1.165) is 68.0 Å². The van der Waals surface area contributed by atoms with Crippen LogP contribution in [0.4, 0.5) is 17.5 Å². The fourth-order valence-corrected chi connectivity index (χ4v) is 5.00. The molecule has 4 N–H and O–H groups in total. The van der Waals surface area contributed by atoms with Crippen LogP contribution in [-0.4, -0.2) is 82.4 Å². The Morgan fingerprint density at radius 1 is 0.848 bits per heavy atom. The van der Waals surface area contributed by atoms with Gasteiger partial charge in [0.2, 0.25) is 5.95 Å². The quantitative estimate of drug-likeness (QED) is 0.591. The van der Waals surface area contributed by atoms with Crippen LogP contribution in [0, 0.1) is 0 Å². The molecular formula is C24H35N9. The van der Waals surface area contributed by atoms with Gasteiger partial charge in [0, 0.05) is 44.0 Å². The van der Waals surface area contributed by atoms with Crippen LogP contribution in [0.2, 0.25) is 0 Å². The number of anilines is 3. The van der Waals surface area contributed by atoms with Gasteiger partial charge in [0.05, 0.1) is 11.1 Å². The third-order valence-corrected chi connectivity index (χ3v) is 6.94. The van der Waals surface area contributed by atoms with Crippen LogP contribution in [-0.2, 0) is 6.54 Å². The molecule has 0 aliphatic carbocycles. The molecule has 4 heterocycles. The molecule has 0 amide bonds. The van der Waals surface area contributed by atoms with Crippen LogP contribution >= 0.6 is 0 Å². The lowest BCUT2D eigenvalue weighted by Crippen LogP contribution is -2.44. The van der Waals surface area contributed by atoms with E-state index in [2.05, 4.69) is 61.1 Å². The summed E-state index contributed by atoms with van der Waals surface area (Å²) in [5.41, 5.74) is 16.2. The third kappa shape index (κ3) is 4.74. The highest BCUT2D eigenvalue weighted by molar-refractivity contribution is 5.99. The number of aryl methyl sites for hydroxylation is 1. The van der Waals surface area contributed by atoms with Gasteiger partial charge >= 0.3 is 0 Å². The van der Waals surface area contributed by atoms with Crippen LogP contribution in [0.3, 0.4) is 0 Å². The normalized spacial score (nSPS) is 18.3. The number of aromatic nitrogens is 4. The molecule has 3 aromatic rings. The van der Waals surface area contributed by atoms with Crippen LogP contribution < -0.4 is 16.4 Å². The maximum Gasteiger partial charge on any atom is 0.222 e. The lowest BCUT2D eigenvalue weighted by molar-refractivity contribution is 0.222. The Hall–Kier alpha value is -2.91. The largest absolute Gasteiger partial charge is 0.382 e. The van der Waals surface area contributed by atoms with E-state index in [0.29, 0.717) is 5.82 Å². The van der Waals surface area contributed by atoms with Crippen molar-refractivity contribution < 1.29 is 0 Å². The number of fused-ring (bicyclic) bond motifs is 1. The number of nitrogens with two attached hydrogens (primary N) is 2. The number of piperidine rings is 1. The number of hydrogen-bond acceptors (Lipinski definition) is 8. The van der Waals surface area contributed by atoms with Crippen LogP contribution in [0.1, 0.15) is 25.7 Å². The molecule has 176 valence electrons. The Kier molecular flexibility index (Phi) is 6.32. The zero-order valence-corrected chi connectivity index (χ0v) is 19.6. The van der Waals surface area contributed by atoms with E-state index in [9.17, 15) is 0 Å². The van der Waals surface area contributed by atoms with Crippen molar-refractivity contribution in [2.24, 2.45) is 0 Å². The summed E-state index contributed by atoms with van der Waals surface area (Å²) in [4.78, 5) is 16.4. The average Bonchev–Trinajstić information content (AvgIpc) is 3.15. The summed E-state index contributed by atoms with van der Waals surface area (Å²) in [6.45, 7) is 8.48. The minimum absolute atomic E-state index is 0.248. The Morgan fingerprint density at radius 3 is 2.30 bits per heavy atom. The van der Waals surface area contributed by atoms with Crippen molar-refractivity contribution in [1.29, 1.82) is 0 Å². The number of benzene rings is 1. The first-order chi connectivity index (χ1) is 16.1. The standard InChI is InChI=1S/C24H35N9/c1-30-14-16-32(17-15-30)19-8-6-18(7-9-19)21-20-22(25)29-33(23(20)28-24(26)27-21)13-5-12-31-10-3-2-4-11-31/h6-9H,2-5,10-17H2,1H3,(H2,25,29)(H2,26,27,28). The first-order valence-electron chi connectivity index (χ1n) is 12.1. The van der Waals surface area contributed by atoms with E-state index < -0.39 is 0 Å². The van der Waals surface area contributed by atoms with Gasteiger partial charge in [0.25, 0.3) is 0 Å². The minimum Gasteiger partial charge on any atom is -0.382 e. The second-order valence-corrected chi connectivity index (χ2v) is 9.33. The summed E-state index contributed by atoms with van der Waals surface area (Å²) in [5, 5.41) is 5.39. The molecule has 33 heavy (non-hydrogen) atoms. The van der Waals surface area contributed by atoms with Crippen molar-refractivity contribution in [2.75, 3.05) is 69.2 Å². The molecule has 5 rings (SSSR count). The van der Waals surface area contributed by atoms with Gasteiger partial charge in [-0.3, -0.25) is 0 Å². The van der Waals surface area contributed by atoms with Gasteiger partial charge in [-0.15, -0.1) is 0 Å². The molecule has 1 aromatic carbocycles. The number of hydrogen-bond donors (Lipinski definition) is 2. The number of likely N-dealkylation sites (tertiary alicyclic amines) is 1. The van der Waals surface area contributed by atoms with Gasteiger partial charge in [-0.1, -0.05) is 18.6 Å². The van der Waals surface area contributed by atoms with Gasteiger partial charge in [-0.25, -0.2) is 9.67 Å². The first-order valence-corrected chi connectivity index (χ1v) is 12.1. The molecule has 0 unspecified atom stereocenters. The highest BCUT2D eigenvalue weighted by atomic mass is 15.3. The Balaban J connectivity index is 1.37. The lowest BCUT2D eigenvalue weighted by Gasteiger charge is -2.34. The fraction of sp³-hybridized carbons (Fsp3) is 0.542. The van der Waals surface area contributed by atoms with Gasteiger partial charge in [-0.2, -0.15) is 10.1 Å². The van der Waals surface area contributed by atoms with E-state index in [1.165, 1.54) is 38.0 Å². The number of nitrogen functional groups attached to an aromatic ring is 2. The smallest absolute Gasteiger partial charge is 0.222 e.